The first kappa shape index (κ1) is 20.7. The number of benzene rings is 2. The van der Waals surface area contributed by atoms with Crippen LogP contribution in [0.4, 0.5) is 5.69 Å². The highest BCUT2D eigenvalue weighted by molar-refractivity contribution is 6.32. The van der Waals surface area contributed by atoms with Gasteiger partial charge in [0, 0.05) is 23.4 Å². The van der Waals surface area contributed by atoms with Crippen LogP contribution in [-0.2, 0) is 4.79 Å². The Morgan fingerprint density at radius 1 is 1.21 bits per heavy atom. The van der Waals surface area contributed by atoms with Crippen molar-refractivity contribution in [3.63, 3.8) is 0 Å². The van der Waals surface area contributed by atoms with E-state index in [-0.39, 0.29) is 11.8 Å². The highest BCUT2D eigenvalue weighted by Gasteiger charge is 2.23. The van der Waals surface area contributed by atoms with Crippen molar-refractivity contribution in [3.8, 4) is 11.5 Å². The summed E-state index contributed by atoms with van der Waals surface area (Å²) in [6, 6.07) is 10.5. The zero-order valence-electron chi connectivity index (χ0n) is 16.3. The van der Waals surface area contributed by atoms with E-state index in [9.17, 15) is 9.59 Å². The normalized spacial score (nSPS) is 13.2. The van der Waals surface area contributed by atoms with Crippen LogP contribution in [0, 0.1) is 0 Å². The van der Waals surface area contributed by atoms with E-state index in [4.69, 9.17) is 21.1 Å². The van der Waals surface area contributed by atoms with Gasteiger partial charge in [0.25, 0.3) is 5.91 Å². The van der Waals surface area contributed by atoms with E-state index >= 15 is 0 Å². The van der Waals surface area contributed by atoms with E-state index in [0.29, 0.717) is 46.0 Å². The Hall–Kier alpha value is -2.99. The van der Waals surface area contributed by atoms with Crippen LogP contribution in [0.5, 0.6) is 11.5 Å². The van der Waals surface area contributed by atoms with Gasteiger partial charge in [-0.2, -0.15) is 0 Å². The highest BCUT2D eigenvalue weighted by Crippen LogP contribution is 2.36. The molecule has 0 spiro atoms. The molecule has 1 fully saturated rings. The third-order valence-corrected chi connectivity index (χ3v) is 4.57. The summed E-state index contributed by atoms with van der Waals surface area (Å²) >= 11 is 6.22. The van der Waals surface area contributed by atoms with Gasteiger partial charge in [-0.05, 0) is 67.8 Å². The van der Waals surface area contributed by atoms with Gasteiger partial charge in [-0.15, -0.1) is 0 Å². The summed E-state index contributed by atoms with van der Waals surface area (Å²) in [7, 11) is 1.52. The molecule has 3 rings (SSSR count). The average molecular weight is 415 g/mol. The van der Waals surface area contributed by atoms with Crippen molar-refractivity contribution in [1.29, 1.82) is 0 Å². The molecular formula is C22H23ClN2O4. The zero-order valence-corrected chi connectivity index (χ0v) is 17.1. The molecule has 0 aromatic heterocycles. The second-order valence-electron chi connectivity index (χ2n) is 6.61. The minimum atomic E-state index is -0.301. The number of anilines is 1. The molecule has 2 amide bonds. The van der Waals surface area contributed by atoms with Gasteiger partial charge >= 0.3 is 0 Å². The molecule has 0 unspecified atom stereocenters. The number of carbonyl (C=O) groups is 2. The molecule has 29 heavy (non-hydrogen) atoms. The molecule has 0 atom stereocenters. The SMILES string of the molecule is CCOc1cc(/C=C/C(=O)Nc2ccc(C(=O)NC3CC3)cc2)cc(Cl)c1OC. The number of hydrogen-bond acceptors (Lipinski definition) is 4. The van der Waals surface area contributed by atoms with Gasteiger partial charge < -0.3 is 20.1 Å². The van der Waals surface area contributed by atoms with Crippen LogP contribution in [0.25, 0.3) is 6.08 Å². The summed E-state index contributed by atoms with van der Waals surface area (Å²) < 4.78 is 10.8. The van der Waals surface area contributed by atoms with Crippen LogP contribution in [0.1, 0.15) is 35.7 Å². The van der Waals surface area contributed by atoms with E-state index in [1.807, 2.05) is 6.92 Å². The molecule has 0 heterocycles. The fourth-order valence-electron chi connectivity index (χ4n) is 2.70. The predicted molar refractivity (Wildman–Crippen MR) is 114 cm³/mol. The molecule has 0 saturated heterocycles. The highest BCUT2D eigenvalue weighted by atomic mass is 35.5. The number of amides is 2. The van der Waals surface area contributed by atoms with Crippen LogP contribution >= 0.6 is 11.6 Å². The summed E-state index contributed by atoms with van der Waals surface area (Å²) in [5, 5.41) is 6.09. The molecule has 2 aromatic carbocycles. The van der Waals surface area contributed by atoms with Crippen molar-refractivity contribution < 1.29 is 19.1 Å². The van der Waals surface area contributed by atoms with E-state index in [1.54, 1.807) is 42.5 Å². The molecule has 7 heteroatoms. The minimum absolute atomic E-state index is 0.0910. The topological polar surface area (TPSA) is 76.7 Å². The maximum Gasteiger partial charge on any atom is 0.251 e. The summed E-state index contributed by atoms with van der Waals surface area (Å²) in [6.07, 6.45) is 5.12. The quantitative estimate of drug-likeness (QED) is 0.632. The maximum atomic E-state index is 12.2. The fourth-order valence-corrected chi connectivity index (χ4v) is 3.00. The largest absolute Gasteiger partial charge is 0.491 e. The summed E-state index contributed by atoms with van der Waals surface area (Å²) in [5.41, 5.74) is 1.88. The first-order valence-corrected chi connectivity index (χ1v) is 9.78. The molecule has 1 saturated carbocycles. The Bertz CT molecular complexity index is 921. The number of methoxy groups -OCH3 is 1. The van der Waals surface area contributed by atoms with Crippen LogP contribution in [0.2, 0.25) is 5.02 Å². The lowest BCUT2D eigenvalue weighted by molar-refractivity contribution is -0.111. The Morgan fingerprint density at radius 3 is 2.55 bits per heavy atom. The molecule has 2 aromatic rings. The Morgan fingerprint density at radius 2 is 1.93 bits per heavy atom. The van der Waals surface area contributed by atoms with Crippen molar-refractivity contribution in [3.05, 3.63) is 58.6 Å². The molecule has 0 aliphatic heterocycles. The molecule has 152 valence electrons. The number of ether oxygens (including phenoxy) is 2. The van der Waals surface area contributed by atoms with Gasteiger partial charge in [0.05, 0.1) is 18.7 Å². The van der Waals surface area contributed by atoms with E-state index < -0.39 is 0 Å². The average Bonchev–Trinajstić information content (AvgIpc) is 3.51. The third-order valence-electron chi connectivity index (χ3n) is 4.29. The van der Waals surface area contributed by atoms with E-state index in [0.717, 1.165) is 12.8 Å². The minimum Gasteiger partial charge on any atom is -0.491 e. The molecular weight excluding hydrogens is 392 g/mol. The zero-order chi connectivity index (χ0) is 20.8. The van der Waals surface area contributed by atoms with Crippen LogP contribution in [0.15, 0.2) is 42.5 Å². The standard InChI is InChI=1S/C22H23ClN2O4/c1-3-29-19-13-14(12-18(23)21(19)28-2)4-11-20(26)24-16-7-5-15(6-8-16)22(27)25-17-9-10-17/h4-8,11-13,17H,3,9-10H2,1-2H3,(H,24,26)(H,25,27)/b11-4+. The lowest BCUT2D eigenvalue weighted by Gasteiger charge is -2.11. The van der Waals surface area contributed by atoms with Crippen molar-refractivity contribution in [2.24, 2.45) is 0 Å². The lowest BCUT2D eigenvalue weighted by atomic mass is 10.1. The van der Waals surface area contributed by atoms with Crippen molar-refractivity contribution in [2.45, 2.75) is 25.8 Å². The maximum absolute atomic E-state index is 12.2. The Balaban J connectivity index is 1.62. The molecule has 2 N–H and O–H groups in total. The number of halogens is 1. The number of hydrogen-bond donors (Lipinski definition) is 2. The second kappa shape index (κ2) is 9.47. The van der Waals surface area contributed by atoms with Gasteiger partial charge in [-0.1, -0.05) is 11.6 Å². The van der Waals surface area contributed by atoms with Gasteiger partial charge in [0.2, 0.25) is 5.91 Å². The summed E-state index contributed by atoms with van der Waals surface area (Å²) in [4.78, 5) is 24.2. The lowest BCUT2D eigenvalue weighted by Crippen LogP contribution is -2.25. The van der Waals surface area contributed by atoms with Crippen molar-refractivity contribution in [1.82, 2.24) is 5.32 Å². The van der Waals surface area contributed by atoms with Gasteiger partial charge in [0.1, 0.15) is 0 Å². The monoisotopic (exact) mass is 414 g/mol. The number of nitrogens with one attached hydrogen (secondary N) is 2. The van der Waals surface area contributed by atoms with Gasteiger partial charge in [-0.25, -0.2) is 0 Å². The molecule has 0 bridgehead atoms. The van der Waals surface area contributed by atoms with E-state index in [2.05, 4.69) is 10.6 Å². The van der Waals surface area contributed by atoms with Crippen LogP contribution in [0.3, 0.4) is 0 Å². The molecule has 0 radical (unpaired) electrons. The number of carbonyl (C=O) groups excluding carboxylic acids is 2. The van der Waals surface area contributed by atoms with Crippen molar-refractivity contribution in [2.75, 3.05) is 19.0 Å². The molecule has 6 nitrogen and oxygen atoms in total. The molecule has 1 aliphatic carbocycles. The van der Waals surface area contributed by atoms with Crippen LogP contribution < -0.4 is 20.1 Å². The van der Waals surface area contributed by atoms with Crippen LogP contribution in [-0.4, -0.2) is 31.6 Å². The Kier molecular flexibility index (Phi) is 6.77. The third kappa shape index (κ3) is 5.74. The smallest absolute Gasteiger partial charge is 0.251 e. The first-order chi connectivity index (χ1) is 14.0. The van der Waals surface area contributed by atoms with Gasteiger partial charge in [0.15, 0.2) is 11.5 Å². The first-order valence-electron chi connectivity index (χ1n) is 9.40. The van der Waals surface area contributed by atoms with E-state index in [1.165, 1.54) is 13.2 Å². The predicted octanol–water partition coefficient (Wildman–Crippen LogP) is 4.29. The summed E-state index contributed by atoms with van der Waals surface area (Å²) in [6.45, 7) is 2.33. The summed E-state index contributed by atoms with van der Waals surface area (Å²) in [5.74, 6) is 0.584. The molecule has 1 aliphatic rings. The van der Waals surface area contributed by atoms with Crippen molar-refractivity contribution >= 4 is 35.2 Å². The number of rotatable bonds is 8. The van der Waals surface area contributed by atoms with Gasteiger partial charge in [-0.3, -0.25) is 9.59 Å². The Labute approximate surface area is 174 Å². The fraction of sp³-hybridized carbons (Fsp3) is 0.273. The second-order valence-corrected chi connectivity index (χ2v) is 7.02.